The summed E-state index contributed by atoms with van der Waals surface area (Å²) in [5, 5.41) is 0. The summed E-state index contributed by atoms with van der Waals surface area (Å²) in [4.78, 5) is 0. The SMILES string of the molecule is O=S([O-])[SiH3].[HH]. The lowest BCUT2D eigenvalue weighted by Crippen LogP contribution is -1.77. The van der Waals surface area contributed by atoms with E-state index >= 15 is 0 Å². The molecule has 4 heavy (non-hydrogen) atoms. The molecule has 0 fully saturated rings. The Labute approximate surface area is 31.1 Å². The normalized spacial score (nSPS) is 16.2. The van der Waals surface area contributed by atoms with E-state index < -0.39 is 10.5 Å². The molecular formula is H5O2SSi-. The summed E-state index contributed by atoms with van der Waals surface area (Å²) in [7, 11) is -1.46. The van der Waals surface area contributed by atoms with Crippen LogP contribution in [0.2, 0.25) is 0 Å². The van der Waals surface area contributed by atoms with Crippen molar-refractivity contribution in [3.05, 3.63) is 0 Å². The van der Waals surface area contributed by atoms with Gasteiger partial charge in [-0.1, -0.05) is 10.5 Å². The van der Waals surface area contributed by atoms with Gasteiger partial charge in [0.25, 0.3) is 0 Å². The van der Waals surface area contributed by atoms with Crippen molar-refractivity contribution in [2.75, 3.05) is 0 Å². The Morgan fingerprint density at radius 1 is 2.25 bits per heavy atom. The third-order valence-electron chi connectivity index (χ3n) is 0. The van der Waals surface area contributed by atoms with Gasteiger partial charge >= 0.3 is 0 Å². The van der Waals surface area contributed by atoms with Gasteiger partial charge in [0, 0.05) is 1.43 Å². The van der Waals surface area contributed by atoms with Crippen LogP contribution in [0.4, 0.5) is 0 Å². The van der Waals surface area contributed by atoms with Crippen LogP contribution in [0, 0.1) is 0 Å². The Morgan fingerprint density at radius 2 is 2.25 bits per heavy atom. The Kier molecular flexibility index (Phi) is 1.76. The van der Waals surface area contributed by atoms with Crippen LogP contribution in [0.15, 0.2) is 0 Å². The molecule has 0 aromatic carbocycles. The standard InChI is InChI=1S/H4O2SSi.H2/c1-3(2)4;/h4H3,(H,1,2);1H/p-1. The zero-order chi connectivity index (χ0) is 3.58. The monoisotopic (exact) mass is 97.0 g/mol. The quantitative estimate of drug-likeness (QED) is 0.269. The van der Waals surface area contributed by atoms with Crippen molar-refractivity contribution in [1.82, 2.24) is 0 Å². The molecule has 0 saturated heterocycles. The highest BCUT2D eigenvalue weighted by Gasteiger charge is 1.42. The first-order valence-electron chi connectivity index (χ1n) is 0.742. The maximum Gasteiger partial charge on any atom is 0.0928 e. The molecule has 0 aromatic rings. The topological polar surface area (TPSA) is 40.1 Å². The summed E-state index contributed by atoms with van der Waals surface area (Å²) in [6.07, 6.45) is 0. The van der Waals surface area contributed by atoms with Gasteiger partial charge in [-0.05, 0) is 0 Å². The minimum atomic E-state index is -1.72. The molecule has 0 spiro atoms. The minimum absolute atomic E-state index is 0. The molecule has 1 unspecified atom stereocenters. The van der Waals surface area contributed by atoms with Gasteiger partial charge < -0.3 is 4.55 Å². The smallest absolute Gasteiger partial charge is 0.0928 e. The maximum absolute atomic E-state index is 9.06. The van der Waals surface area contributed by atoms with Gasteiger partial charge in [-0.15, -0.1) is 0 Å². The molecule has 2 nitrogen and oxygen atoms in total. The summed E-state index contributed by atoms with van der Waals surface area (Å²) < 4.78 is 18.1. The fourth-order valence-electron chi connectivity index (χ4n) is 0. The number of rotatable bonds is 0. The Balaban J connectivity index is 0. The second kappa shape index (κ2) is 1.63. The summed E-state index contributed by atoms with van der Waals surface area (Å²) in [6, 6.07) is 0. The van der Waals surface area contributed by atoms with Gasteiger partial charge in [0.05, 0.1) is 9.39 Å². The maximum atomic E-state index is 9.06. The first-order valence-corrected chi connectivity index (χ1v) is 4.67. The van der Waals surface area contributed by atoms with Crippen LogP contribution in [0.25, 0.3) is 0 Å². The molecule has 4 heteroatoms. The van der Waals surface area contributed by atoms with E-state index in [1.165, 1.54) is 0 Å². The number of hydrogen-bond acceptors (Lipinski definition) is 2. The predicted molar refractivity (Wildman–Crippen MR) is 21.0 cm³/mol. The fourth-order valence-corrected chi connectivity index (χ4v) is 0. The van der Waals surface area contributed by atoms with Crippen molar-refractivity contribution < 1.29 is 10.2 Å². The Morgan fingerprint density at radius 3 is 2.25 bits per heavy atom. The minimum Gasteiger partial charge on any atom is -0.778 e. The molecular weight excluding hydrogens is 92.2 g/mol. The zero-order valence-electron chi connectivity index (χ0n) is 2.22. The van der Waals surface area contributed by atoms with E-state index in [0.717, 1.165) is 0 Å². The summed E-state index contributed by atoms with van der Waals surface area (Å²) in [5.41, 5.74) is 0. The van der Waals surface area contributed by atoms with Crippen LogP contribution in [0.1, 0.15) is 1.43 Å². The van der Waals surface area contributed by atoms with Crippen molar-refractivity contribution >= 4 is 19.9 Å². The van der Waals surface area contributed by atoms with Crippen molar-refractivity contribution in [2.24, 2.45) is 0 Å². The van der Waals surface area contributed by atoms with E-state index in [1.807, 2.05) is 0 Å². The fraction of sp³-hybridized carbons (Fsp3) is 0. The molecule has 0 aliphatic rings. The Hall–Kier alpha value is 0.327. The summed E-state index contributed by atoms with van der Waals surface area (Å²) >= 11 is 0. The second-order valence-electron chi connectivity index (χ2n) is 0.401. The summed E-state index contributed by atoms with van der Waals surface area (Å²) in [6.45, 7) is 0. The second-order valence-corrected chi connectivity index (χ2v) is 3.20. The predicted octanol–water partition coefficient (Wildman–Crippen LogP) is -1.61. The van der Waals surface area contributed by atoms with Crippen molar-refractivity contribution in [2.45, 2.75) is 0 Å². The molecule has 0 N–H and O–H groups in total. The Bertz CT molecular complexity index is 32.6. The van der Waals surface area contributed by atoms with Crippen LogP contribution < -0.4 is 0 Å². The molecule has 1 atom stereocenters. The molecule has 0 rings (SSSR count). The van der Waals surface area contributed by atoms with E-state index in [9.17, 15) is 0 Å². The van der Waals surface area contributed by atoms with Crippen LogP contribution >= 0.6 is 0 Å². The van der Waals surface area contributed by atoms with Crippen LogP contribution in [0.5, 0.6) is 0 Å². The van der Waals surface area contributed by atoms with Gasteiger partial charge in [-0.3, -0.25) is 4.21 Å². The lowest BCUT2D eigenvalue weighted by molar-refractivity contribution is 0.552. The van der Waals surface area contributed by atoms with Gasteiger partial charge in [0.15, 0.2) is 0 Å². The lowest BCUT2D eigenvalue weighted by Gasteiger charge is -1.85. The van der Waals surface area contributed by atoms with Gasteiger partial charge in [0.1, 0.15) is 0 Å². The van der Waals surface area contributed by atoms with Gasteiger partial charge in [0.2, 0.25) is 0 Å². The number of hydrogen-bond donors (Lipinski definition) is 0. The van der Waals surface area contributed by atoms with Gasteiger partial charge in [-0.25, -0.2) is 0 Å². The average Bonchev–Trinajstić information content (AvgIpc) is 0.811. The highest BCUT2D eigenvalue weighted by atomic mass is 32.4. The van der Waals surface area contributed by atoms with Crippen LogP contribution in [-0.2, 0) is 10.5 Å². The summed E-state index contributed by atoms with van der Waals surface area (Å²) in [5.74, 6) is 0. The van der Waals surface area contributed by atoms with Crippen molar-refractivity contribution in [3.63, 3.8) is 0 Å². The molecule has 0 bridgehead atoms. The van der Waals surface area contributed by atoms with E-state index in [2.05, 4.69) is 0 Å². The lowest BCUT2D eigenvalue weighted by atomic mass is 15.9. The van der Waals surface area contributed by atoms with Gasteiger partial charge in [-0.2, -0.15) is 0 Å². The van der Waals surface area contributed by atoms with Crippen LogP contribution in [-0.4, -0.2) is 18.2 Å². The molecule has 28 valence electrons. The van der Waals surface area contributed by atoms with E-state index in [1.54, 1.807) is 0 Å². The molecule has 0 aliphatic carbocycles. The van der Waals surface area contributed by atoms with E-state index in [-0.39, 0.29) is 10.8 Å². The van der Waals surface area contributed by atoms with E-state index in [4.69, 9.17) is 8.76 Å². The first kappa shape index (κ1) is 4.33. The molecule has 0 amide bonds. The van der Waals surface area contributed by atoms with E-state index in [0.29, 0.717) is 0 Å². The van der Waals surface area contributed by atoms with Crippen molar-refractivity contribution in [1.29, 1.82) is 0 Å². The highest BCUT2D eigenvalue weighted by molar-refractivity contribution is 8.01. The zero-order valence-corrected chi connectivity index (χ0v) is 5.04. The largest absolute Gasteiger partial charge is 0.778 e. The third-order valence-corrected chi connectivity index (χ3v) is 0. The molecule has 0 heterocycles. The highest BCUT2D eigenvalue weighted by Crippen LogP contribution is 1.41. The molecule has 0 saturated carbocycles. The third kappa shape index (κ3) is 38.3. The molecule has 0 aliphatic heterocycles. The molecule has 0 radical (unpaired) electrons. The molecule has 0 aromatic heterocycles. The van der Waals surface area contributed by atoms with Crippen molar-refractivity contribution in [3.8, 4) is 0 Å². The van der Waals surface area contributed by atoms with Crippen LogP contribution in [0.3, 0.4) is 0 Å². The first-order chi connectivity index (χ1) is 1.73. The average molecular weight is 97.2 g/mol.